The SMILES string of the molecule is FC(F)Oc1ccc2c(c1)C=NC2. The lowest BCUT2D eigenvalue weighted by atomic mass is 10.1. The molecule has 68 valence electrons. The standard InChI is InChI=1S/C9H7F2NO/c10-9(11)13-8-2-1-6-4-12-5-7(6)3-8/h1-3,5,9H,4H2. The molecule has 4 heteroatoms. The van der Waals surface area contributed by atoms with Crippen molar-refractivity contribution in [3.05, 3.63) is 29.3 Å². The fourth-order valence-corrected chi connectivity index (χ4v) is 1.26. The van der Waals surface area contributed by atoms with E-state index in [9.17, 15) is 8.78 Å². The van der Waals surface area contributed by atoms with Gasteiger partial charge in [0.05, 0.1) is 6.54 Å². The van der Waals surface area contributed by atoms with Crippen molar-refractivity contribution in [2.24, 2.45) is 4.99 Å². The molecule has 0 amide bonds. The molecule has 0 N–H and O–H groups in total. The van der Waals surface area contributed by atoms with E-state index >= 15 is 0 Å². The zero-order valence-electron chi connectivity index (χ0n) is 6.71. The molecule has 0 bridgehead atoms. The van der Waals surface area contributed by atoms with E-state index in [2.05, 4.69) is 9.73 Å². The van der Waals surface area contributed by atoms with E-state index in [0.717, 1.165) is 11.1 Å². The van der Waals surface area contributed by atoms with Gasteiger partial charge in [0, 0.05) is 11.8 Å². The minimum atomic E-state index is -2.77. The first-order valence-corrected chi connectivity index (χ1v) is 3.83. The lowest BCUT2D eigenvalue weighted by Gasteiger charge is -2.05. The van der Waals surface area contributed by atoms with Gasteiger partial charge in [-0.3, -0.25) is 4.99 Å². The van der Waals surface area contributed by atoms with Gasteiger partial charge in [-0.25, -0.2) is 0 Å². The molecule has 1 aliphatic rings. The van der Waals surface area contributed by atoms with Crippen molar-refractivity contribution < 1.29 is 13.5 Å². The molecular weight excluding hydrogens is 176 g/mol. The zero-order valence-corrected chi connectivity index (χ0v) is 6.71. The second kappa shape index (κ2) is 3.12. The number of hydrogen-bond donors (Lipinski definition) is 0. The van der Waals surface area contributed by atoms with Crippen molar-refractivity contribution in [3.8, 4) is 5.75 Å². The van der Waals surface area contributed by atoms with Crippen molar-refractivity contribution in [1.82, 2.24) is 0 Å². The Balaban J connectivity index is 2.25. The Morgan fingerprint density at radius 1 is 1.38 bits per heavy atom. The number of aliphatic imine (C=N–C) groups is 1. The number of fused-ring (bicyclic) bond motifs is 1. The second-order valence-electron chi connectivity index (χ2n) is 2.71. The highest BCUT2D eigenvalue weighted by Gasteiger charge is 2.09. The van der Waals surface area contributed by atoms with Crippen LogP contribution < -0.4 is 4.74 Å². The van der Waals surface area contributed by atoms with Gasteiger partial charge in [-0.15, -0.1) is 0 Å². The van der Waals surface area contributed by atoms with Crippen LogP contribution in [0.4, 0.5) is 8.78 Å². The molecule has 0 saturated heterocycles. The van der Waals surface area contributed by atoms with Crippen LogP contribution in [-0.4, -0.2) is 12.8 Å². The van der Waals surface area contributed by atoms with Crippen molar-refractivity contribution >= 4 is 6.21 Å². The maximum absolute atomic E-state index is 11.8. The molecule has 1 aliphatic heterocycles. The highest BCUT2D eigenvalue weighted by atomic mass is 19.3. The Bertz CT molecular complexity index is 349. The molecule has 0 fully saturated rings. The van der Waals surface area contributed by atoms with E-state index in [-0.39, 0.29) is 5.75 Å². The fourth-order valence-electron chi connectivity index (χ4n) is 1.26. The molecule has 0 aliphatic carbocycles. The fraction of sp³-hybridized carbons (Fsp3) is 0.222. The van der Waals surface area contributed by atoms with Crippen LogP contribution in [-0.2, 0) is 6.54 Å². The van der Waals surface area contributed by atoms with E-state index in [1.54, 1.807) is 18.3 Å². The average Bonchev–Trinajstić information content (AvgIpc) is 2.49. The Kier molecular flexibility index (Phi) is 1.96. The Labute approximate surface area is 73.9 Å². The summed E-state index contributed by atoms with van der Waals surface area (Å²) in [7, 11) is 0. The van der Waals surface area contributed by atoms with Gasteiger partial charge >= 0.3 is 6.61 Å². The largest absolute Gasteiger partial charge is 0.435 e. The van der Waals surface area contributed by atoms with Crippen LogP contribution in [0.25, 0.3) is 0 Å². The lowest BCUT2D eigenvalue weighted by molar-refractivity contribution is -0.0498. The van der Waals surface area contributed by atoms with Gasteiger partial charge < -0.3 is 4.74 Å². The monoisotopic (exact) mass is 183 g/mol. The normalized spacial score (nSPS) is 13.5. The molecule has 13 heavy (non-hydrogen) atoms. The highest BCUT2D eigenvalue weighted by Crippen LogP contribution is 2.21. The summed E-state index contributed by atoms with van der Waals surface area (Å²) in [5, 5.41) is 0. The Morgan fingerprint density at radius 2 is 2.23 bits per heavy atom. The van der Waals surface area contributed by atoms with Crippen molar-refractivity contribution in [2.45, 2.75) is 13.2 Å². The van der Waals surface area contributed by atoms with Gasteiger partial charge in [0.25, 0.3) is 0 Å². The molecule has 0 spiro atoms. The molecule has 0 radical (unpaired) electrons. The Hall–Kier alpha value is -1.45. The van der Waals surface area contributed by atoms with Crippen LogP contribution in [0.3, 0.4) is 0 Å². The topological polar surface area (TPSA) is 21.6 Å². The molecule has 0 saturated carbocycles. The summed E-state index contributed by atoms with van der Waals surface area (Å²) in [5.41, 5.74) is 1.90. The molecule has 0 unspecified atom stereocenters. The maximum Gasteiger partial charge on any atom is 0.387 e. The van der Waals surface area contributed by atoms with E-state index in [0.29, 0.717) is 6.54 Å². The minimum Gasteiger partial charge on any atom is -0.435 e. The first-order valence-electron chi connectivity index (χ1n) is 3.83. The van der Waals surface area contributed by atoms with Crippen LogP contribution >= 0.6 is 0 Å². The van der Waals surface area contributed by atoms with Crippen molar-refractivity contribution in [2.75, 3.05) is 0 Å². The number of benzene rings is 1. The van der Waals surface area contributed by atoms with E-state index in [1.165, 1.54) is 6.07 Å². The average molecular weight is 183 g/mol. The van der Waals surface area contributed by atoms with Crippen molar-refractivity contribution in [3.63, 3.8) is 0 Å². The number of alkyl halides is 2. The van der Waals surface area contributed by atoms with Gasteiger partial charge in [-0.05, 0) is 17.7 Å². The molecule has 0 atom stereocenters. The quantitative estimate of drug-likeness (QED) is 0.688. The van der Waals surface area contributed by atoms with Crippen LogP contribution in [0.1, 0.15) is 11.1 Å². The minimum absolute atomic E-state index is 0.183. The van der Waals surface area contributed by atoms with E-state index in [1.807, 2.05) is 0 Å². The maximum atomic E-state index is 11.8. The predicted octanol–water partition coefficient (Wildman–Crippen LogP) is 2.22. The smallest absolute Gasteiger partial charge is 0.387 e. The predicted molar refractivity (Wildman–Crippen MR) is 44.4 cm³/mol. The summed E-state index contributed by atoms with van der Waals surface area (Å²) in [6.45, 7) is -2.14. The number of ether oxygens (including phenoxy) is 1. The number of hydrogen-bond acceptors (Lipinski definition) is 2. The summed E-state index contributed by atoms with van der Waals surface area (Å²) in [6.07, 6.45) is 1.66. The van der Waals surface area contributed by atoms with Crippen LogP contribution in [0.2, 0.25) is 0 Å². The summed E-state index contributed by atoms with van der Waals surface area (Å²) >= 11 is 0. The van der Waals surface area contributed by atoms with E-state index in [4.69, 9.17) is 0 Å². The van der Waals surface area contributed by atoms with Gasteiger partial charge in [-0.2, -0.15) is 8.78 Å². The third kappa shape index (κ3) is 1.66. The van der Waals surface area contributed by atoms with Gasteiger partial charge in [0.2, 0.25) is 0 Å². The molecular formula is C9H7F2NO. The molecule has 1 heterocycles. The molecule has 2 rings (SSSR count). The highest BCUT2D eigenvalue weighted by molar-refractivity contribution is 5.84. The molecule has 1 aromatic rings. The molecule has 2 nitrogen and oxygen atoms in total. The summed E-state index contributed by atoms with van der Waals surface area (Å²) in [5.74, 6) is 0.183. The summed E-state index contributed by atoms with van der Waals surface area (Å²) < 4.78 is 27.9. The third-order valence-electron chi connectivity index (χ3n) is 1.83. The van der Waals surface area contributed by atoms with E-state index < -0.39 is 6.61 Å². The third-order valence-corrected chi connectivity index (χ3v) is 1.83. The number of rotatable bonds is 2. The second-order valence-corrected chi connectivity index (χ2v) is 2.71. The lowest BCUT2D eigenvalue weighted by Crippen LogP contribution is -2.02. The first-order chi connectivity index (χ1) is 6.25. The molecule has 1 aromatic carbocycles. The zero-order chi connectivity index (χ0) is 9.26. The number of halogens is 2. The first kappa shape index (κ1) is 8.16. The van der Waals surface area contributed by atoms with Crippen molar-refractivity contribution in [1.29, 1.82) is 0 Å². The Morgan fingerprint density at radius 3 is 3.00 bits per heavy atom. The van der Waals surface area contributed by atoms with Gasteiger partial charge in [0.1, 0.15) is 5.75 Å². The number of nitrogens with zero attached hydrogens (tertiary/aromatic N) is 1. The van der Waals surface area contributed by atoms with Gasteiger partial charge in [-0.1, -0.05) is 6.07 Å². The van der Waals surface area contributed by atoms with Crippen LogP contribution in [0.5, 0.6) is 5.75 Å². The summed E-state index contributed by atoms with van der Waals surface area (Å²) in [4.78, 5) is 4.00. The van der Waals surface area contributed by atoms with Crippen LogP contribution in [0, 0.1) is 0 Å². The summed E-state index contributed by atoms with van der Waals surface area (Å²) in [6, 6.07) is 4.84. The van der Waals surface area contributed by atoms with Crippen LogP contribution in [0.15, 0.2) is 23.2 Å². The van der Waals surface area contributed by atoms with Gasteiger partial charge in [0.15, 0.2) is 0 Å². The molecule has 0 aromatic heterocycles.